The van der Waals surface area contributed by atoms with Crippen LogP contribution in [-0.2, 0) is 5.41 Å². The Morgan fingerprint density at radius 2 is 1.87 bits per heavy atom. The second-order valence-corrected chi connectivity index (χ2v) is 7.55. The van der Waals surface area contributed by atoms with Crippen LogP contribution >= 0.6 is 0 Å². The van der Waals surface area contributed by atoms with E-state index in [-0.39, 0.29) is 5.41 Å². The fraction of sp³-hybridized carbons (Fsp3) is 0.588. The molecule has 0 spiro atoms. The highest BCUT2D eigenvalue weighted by atomic mass is 15.4. The van der Waals surface area contributed by atoms with E-state index in [9.17, 15) is 0 Å². The van der Waals surface area contributed by atoms with Crippen molar-refractivity contribution in [3.8, 4) is 0 Å². The minimum Gasteiger partial charge on any atom is -0.354 e. The molecule has 4 rings (SSSR count). The summed E-state index contributed by atoms with van der Waals surface area (Å²) in [5.41, 5.74) is 0.748. The summed E-state index contributed by atoms with van der Waals surface area (Å²) in [4.78, 5) is 4.92. The Labute approximate surface area is 136 Å². The monoisotopic (exact) mass is 312 g/mol. The molecule has 2 aromatic heterocycles. The molecule has 0 bridgehead atoms. The maximum absolute atomic E-state index is 4.83. The lowest BCUT2D eigenvalue weighted by molar-refractivity contribution is 0.271. The molecule has 2 aliphatic rings. The van der Waals surface area contributed by atoms with Crippen LogP contribution in [0.15, 0.2) is 24.3 Å². The molecule has 0 N–H and O–H groups in total. The molecule has 1 atom stereocenters. The van der Waals surface area contributed by atoms with Crippen LogP contribution in [0.1, 0.15) is 33.0 Å². The molecule has 23 heavy (non-hydrogen) atoms. The van der Waals surface area contributed by atoms with Gasteiger partial charge < -0.3 is 4.90 Å². The zero-order valence-electron chi connectivity index (χ0n) is 14.1. The van der Waals surface area contributed by atoms with Gasteiger partial charge in [0.15, 0.2) is 11.5 Å². The van der Waals surface area contributed by atoms with Crippen LogP contribution in [0.25, 0.3) is 5.65 Å². The van der Waals surface area contributed by atoms with Crippen molar-refractivity contribution in [3.05, 3.63) is 30.1 Å². The Balaban J connectivity index is 1.59. The van der Waals surface area contributed by atoms with Gasteiger partial charge in [-0.25, -0.2) is 0 Å². The first-order chi connectivity index (χ1) is 11.0. The van der Waals surface area contributed by atoms with E-state index in [4.69, 9.17) is 5.10 Å². The lowest BCUT2D eigenvalue weighted by Crippen LogP contribution is -2.36. The molecule has 6 heteroatoms. The molecule has 0 saturated carbocycles. The Bertz CT molecular complexity index is 733. The number of nitrogens with zero attached hydrogens (tertiary/aromatic N) is 6. The highest BCUT2D eigenvalue weighted by Gasteiger charge is 2.29. The van der Waals surface area contributed by atoms with Crippen molar-refractivity contribution in [2.24, 2.45) is 0 Å². The molecule has 122 valence electrons. The van der Waals surface area contributed by atoms with Gasteiger partial charge in [-0.3, -0.25) is 4.90 Å². The molecule has 0 amide bonds. The molecule has 0 aliphatic carbocycles. The standard InChI is InChI=1S/C17H24N6/c1-17(2,3)16-19-18-14-6-7-15(20-23(14)16)22-11-8-13(12-22)21-9-4-5-10-21/h4-7,13H,8-12H2,1-3H3. The zero-order valence-corrected chi connectivity index (χ0v) is 14.1. The fourth-order valence-corrected chi connectivity index (χ4v) is 3.46. The topological polar surface area (TPSA) is 49.6 Å². The molecular weight excluding hydrogens is 288 g/mol. The highest BCUT2D eigenvalue weighted by Crippen LogP contribution is 2.25. The van der Waals surface area contributed by atoms with E-state index in [1.54, 1.807) is 0 Å². The quantitative estimate of drug-likeness (QED) is 0.792. The molecule has 1 fully saturated rings. The van der Waals surface area contributed by atoms with E-state index in [0.717, 1.165) is 43.5 Å². The molecular formula is C17H24N6. The fourth-order valence-electron chi connectivity index (χ4n) is 3.46. The average Bonchev–Trinajstić information content (AvgIpc) is 3.24. The largest absolute Gasteiger partial charge is 0.354 e. The van der Waals surface area contributed by atoms with Crippen molar-refractivity contribution in [1.29, 1.82) is 0 Å². The summed E-state index contributed by atoms with van der Waals surface area (Å²) < 4.78 is 1.90. The summed E-state index contributed by atoms with van der Waals surface area (Å²) in [6.45, 7) is 10.7. The van der Waals surface area contributed by atoms with Gasteiger partial charge in [-0.2, -0.15) is 4.52 Å². The van der Waals surface area contributed by atoms with Crippen molar-refractivity contribution >= 4 is 11.5 Å². The smallest absolute Gasteiger partial charge is 0.178 e. The normalized spacial score (nSPS) is 22.6. The lowest BCUT2D eigenvalue weighted by Gasteiger charge is -2.24. The molecule has 2 aromatic rings. The first-order valence-electron chi connectivity index (χ1n) is 8.39. The van der Waals surface area contributed by atoms with Crippen LogP contribution in [0.5, 0.6) is 0 Å². The van der Waals surface area contributed by atoms with Crippen molar-refractivity contribution < 1.29 is 0 Å². The van der Waals surface area contributed by atoms with E-state index < -0.39 is 0 Å². The highest BCUT2D eigenvalue weighted by molar-refractivity contribution is 5.47. The van der Waals surface area contributed by atoms with Gasteiger partial charge >= 0.3 is 0 Å². The molecule has 0 aromatic carbocycles. The van der Waals surface area contributed by atoms with Crippen LogP contribution in [-0.4, -0.2) is 56.9 Å². The third kappa shape index (κ3) is 2.61. The van der Waals surface area contributed by atoms with Gasteiger partial charge in [-0.1, -0.05) is 32.9 Å². The van der Waals surface area contributed by atoms with Crippen LogP contribution in [0, 0.1) is 0 Å². The summed E-state index contributed by atoms with van der Waals surface area (Å²) in [6.07, 6.45) is 5.73. The molecule has 1 saturated heterocycles. The van der Waals surface area contributed by atoms with Crippen molar-refractivity contribution in [2.75, 3.05) is 31.1 Å². The number of anilines is 1. The van der Waals surface area contributed by atoms with Gasteiger partial charge in [0, 0.05) is 37.6 Å². The van der Waals surface area contributed by atoms with Crippen molar-refractivity contribution in [3.63, 3.8) is 0 Å². The number of hydrogen-bond acceptors (Lipinski definition) is 5. The second-order valence-electron chi connectivity index (χ2n) is 7.55. The van der Waals surface area contributed by atoms with E-state index in [2.05, 4.69) is 59.0 Å². The molecule has 1 unspecified atom stereocenters. The Hall–Kier alpha value is -1.95. The van der Waals surface area contributed by atoms with Gasteiger partial charge in [-0.15, -0.1) is 15.3 Å². The van der Waals surface area contributed by atoms with E-state index in [1.807, 2.05) is 10.6 Å². The lowest BCUT2D eigenvalue weighted by atomic mass is 9.96. The number of rotatable bonds is 2. The van der Waals surface area contributed by atoms with Gasteiger partial charge in [0.25, 0.3) is 0 Å². The van der Waals surface area contributed by atoms with Gasteiger partial charge in [0.1, 0.15) is 5.82 Å². The van der Waals surface area contributed by atoms with Crippen molar-refractivity contribution in [1.82, 2.24) is 24.7 Å². The van der Waals surface area contributed by atoms with Crippen molar-refractivity contribution in [2.45, 2.75) is 38.6 Å². The summed E-state index contributed by atoms with van der Waals surface area (Å²) in [5, 5.41) is 13.4. The maximum atomic E-state index is 4.83. The SMILES string of the molecule is CC(C)(C)c1nnc2ccc(N3CCC(N4CC=CC4)C3)nn12. The van der Waals surface area contributed by atoms with E-state index in [1.165, 1.54) is 6.42 Å². The zero-order chi connectivity index (χ0) is 16.0. The van der Waals surface area contributed by atoms with Crippen LogP contribution < -0.4 is 4.90 Å². The molecule has 4 heterocycles. The molecule has 6 nitrogen and oxygen atoms in total. The van der Waals surface area contributed by atoms with Gasteiger partial charge in [0.05, 0.1) is 0 Å². The van der Waals surface area contributed by atoms with Crippen LogP contribution in [0.4, 0.5) is 5.82 Å². The minimum absolute atomic E-state index is 0.0696. The van der Waals surface area contributed by atoms with Crippen LogP contribution in [0.3, 0.4) is 0 Å². The minimum atomic E-state index is -0.0696. The predicted octanol–water partition coefficient (Wildman–Crippen LogP) is 1.87. The average molecular weight is 312 g/mol. The first-order valence-corrected chi connectivity index (χ1v) is 8.39. The van der Waals surface area contributed by atoms with Crippen LogP contribution in [0.2, 0.25) is 0 Å². The summed E-state index contributed by atoms with van der Waals surface area (Å²) in [5.74, 6) is 1.94. The Morgan fingerprint density at radius 3 is 2.61 bits per heavy atom. The van der Waals surface area contributed by atoms with E-state index in [0.29, 0.717) is 6.04 Å². The predicted molar refractivity (Wildman–Crippen MR) is 90.8 cm³/mol. The molecule has 2 aliphatic heterocycles. The third-order valence-corrected chi connectivity index (χ3v) is 4.77. The number of fused-ring (bicyclic) bond motifs is 1. The maximum Gasteiger partial charge on any atom is 0.178 e. The van der Waals surface area contributed by atoms with Gasteiger partial charge in [-0.05, 0) is 18.6 Å². The molecule has 0 radical (unpaired) electrons. The number of hydrogen-bond donors (Lipinski definition) is 0. The first kappa shape index (κ1) is 14.6. The summed E-state index contributed by atoms with van der Waals surface area (Å²) in [7, 11) is 0. The number of aromatic nitrogens is 4. The second kappa shape index (κ2) is 5.30. The third-order valence-electron chi connectivity index (χ3n) is 4.77. The summed E-state index contributed by atoms with van der Waals surface area (Å²) in [6, 6.07) is 4.72. The van der Waals surface area contributed by atoms with E-state index >= 15 is 0 Å². The van der Waals surface area contributed by atoms with Gasteiger partial charge in [0.2, 0.25) is 0 Å². The Morgan fingerprint density at radius 1 is 1.09 bits per heavy atom. The summed E-state index contributed by atoms with van der Waals surface area (Å²) >= 11 is 0. The Kier molecular flexibility index (Phi) is 3.37.